The number of carbonyl (C=O) groups is 1. The van der Waals surface area contributed by atoms with Crippen molar-refractivity contribution in [3.63, 3.8) is 0 Å². The first-order valence-corrected chi connectivity index (χ1v) is 8.59. The summed E-state index contributed by atoms with van der Waals surface area (Å²) < 4.78 is 27.3. The number of anilines is 1. The van der Waals surface area contributed by atoms with Gasteiger partial charge in [-0.15, -0.1) is 5.10 Å². The van der Waals surface area contributed by atoms with Crippen molar-refractivity contribution in [2.24, 2.45) is 0 Å². The molecular formula is C15H14N4O4S. The molecule has 0 saturated heterocycles. The number of benzene rings is 1. The third-order valence-corrected chi connectivity index (χ3v) is 5.07. The Morgan fingerprint density at radius 3 is 2.54 bits per heavy atom. The number of rotatable bonds is 4. The van der Waals surface area contributed by atoms with Crippen LogP contribution < -0.4 is 11.3 Å². The lowest BCUT2D eigenvalue weighted by molar-refractivity contribution is 0.101. The van der Waals surface area contributed by atoms with Gasteiger partial charge in [0.2, 0.25) is 10.0 Å². The van der Waals surface area contributed by atoms with Gasteiger partial charge in [0, 0.05) is 12.3 Å². The number of ketones is 1. The van der Waals surface area contributed by atoms with Crippen LogP contribution in [0.4, 0.5) is 5.82 Å². The number of hydrogen-bond donors (Lipinski definition) is 1. The monoisotopic (exact) mass is 346 g/mol. The Hall–Kier alpha value is -2.94. The Morgan fingerprint density at radius 1 is 1.25 bits per heavy atom. The highest BCUT2D eigenvalue weighted by atomic mass is 32.2. The second-order valence-electron chi connectivity index (χ2n) is 5.28. The van der Waals surface area contributed by atoms with Crippen LogP contribution in [0.2, 0.25) is 0 Å². The van der Waals surface area contributed by atoms with Gasteiger partial charge in [-0.25, -0.2) is 12.4 Å². The fourth-order valence-electron chi connectivity index (χ4n) is 2.37. The number of nitrogens with zero attached hydrogens (tertiary/aromatic N) is 3. The summed E-state index contributed by atoms with van der Waals surface area (Å²) in [4.78, 5) is 23.9. The van der Waals surface area contributed by atoms with Crippen LogP contribution in [-0.2, 0) is 15.8 Å². The Kier molecular flexibility index (Phi) is 3.72. The Bertz CT molecular complexity index is 1100. The molecule has 0 unspecified atom stereocenters. The number of hydrogen-bond acceptors (Lipinski definition) is 6. The first kappa shape index (κ1) is 15.9. The van der Waals surface area contributed by atoms with Crippen LogP contribution in [0.15, 0.2) is 47.4 Å². The van der Waals surface area contributed by atoms with E-state index in [-0.39, 0.29) is 22.8 Å². The molecule has 2 N–H and O–H groups in total. The number of Topliss-reactive ketones (excluding diaryl/α,β-unsaturated/α-hetero) is 1. The molecule has 9 heteroatoms. The molecule has 2 heterocycles. The maximum absolute atomic E-state index is 12.8. The van der Waals surface area contributed by atoms with E-state index in [9.17, 15) is 18.0 Å². The Balaban J connectivity index is 2.27. The zero-order chi connectivity index (χ0) is 17.5. The Morgan fingerprint density at radius 2 is 1.92 bits per heavy atom. The molecule has 2 aromatic heterocycles. The van der Waals surface area contributed by atoms with Crippen LogP contribution >= 0.6 is 0 Å². The van der Waals surface area contributed by atoms with E-state index < -0.39 is 21.4 Å². The van der Waals surface area contributed by atoms with Gasteiger partial charge in [-0.1, -0.05) is 30.3 Å². The number of aromatic nitrogens is 3. The maximum atomic E-state index is 12.8. The van der Waals surface area contributed by atoms with E-state index in [4.69, 9.17) is 5.73 Å². The van der Waals surface area contributed by atoms with E-state index >= 15 is 0 Å². The zero-order valence-corrected chi connectivity index (χ0v) is 13.5. The summed E-state index contributed by atoms with van der Waals surface area (Å²) in [6.07, 6.45) is 1.03. The van der Waals surface area contributed by atoms with Gasteiger partial charge in [0.1, 0.15) is 11.4 Å². The summed E-state index contributed by atoms with van der Waals surface area (Å²) in [7, 11) is -3.89. The van der Waals surface area contributed by atoms with Crippen LogP contribution in [0, 0.1) is 0 Å². The molecule has 0 saturated carbocycles. The van der Waals surface area contributed by atoms with Gasteiger partial charge in [-0.2, -0.15) is 4.52 Å². The topological polar surface area (TPSA) is 117 Å². The van der Waals surface area contributed by atoms with Gasteiger partial charge in [-0.05, 0) is 12.5 Å². The molecule has 1 aromatic carbocycles. The normalized spacial score (nSPS) is 11.7. The van der Waals surface area contributed by atoms with E-state index in [1.807, 2.05) is 0 Å². The van der Waals surface area contributed by atoms with Gasteiger partial charge in [0.15, 0.2) is 11.4 Å². The molecule has 124 valence electrons. The van der Waals surface area contributed by atoms with Crippen molar-refractivity contribution in [3.05, 3.63) is 64.1 Å². The van der Waals surface area contributed by atoms with E-state index in [2.05, 4.69) is 5.10 Å². The minimum atomic E-state index is -3.89. The van der Waals surface area contributed by atoms with Gasteiger partial charge < -0.3 is 5.73 Å². The number of fused-ring (bicyclic) bond motifs is 1. The van der Waals surface area contributed by atoms with Crippen molar-refractivity contribution in [2.45, 2.75) is 12.7 Å². The third kappa shape index (κ3) is 2.69. The average Bonchev–Trinajstić information content (AvgIpc) is 2.89. The average molecular weight is 346 g/mol. The van der Waals surface area contributed by atoms with Gasteiger partial charge >= 0.3 is 0 Å². The summed E-state index contributed by atoms with van der Waals surface area (Å²) in [5.41, 5.74) is 5.16. The van der Waals surface area contributed by atoms with E-state index in [0.717, 1.165) is 14.7 Å². The summed E-state index contributed by atoms with van der Waals surface area (Å²) in [5, 5.41) is 3.78. The molecule has 0 aliphatic rings. The predicted molar refractivity (Wildman–Crippen MR) is 88.3 cm³/mol. The lowest BCUT2D eigenvalue weighted by Gasteiger charge is -2.11. The van der Waals surface area contributed by atoms with Crippen LogP contribution in [-0.4, -0.2) is 27.8 Å². The SMILES string of the molecule is CC(=O)c1cn(S(=O)(=O)Cc2ccccc2)c2cc(N)nn2c1=O. The minimum Gasteiger partial charge on any atom is -0.382 e. The third-order valence-electron chi connectivity index (χ3n) is 3.48. The molecule has 0 radical (unpaired) electrons. The summed E-state index contributed by atoms with van der Waals surface area (Å²) in [6, 6.07) is 9.85. The smallest absolute Gasteiger partial charge is 0.285 e. The number of nitrogen functional groups attached to an aromatic ring is 1. The molecular weight excluding hydrogens is 332 g/mol. The lowest BCUT2D eigenvalue weighted by Crippen LogP contribution is -2.28. The summed E-state index contributed by atoms with van der Waals surface area (Å²) in [5.74, 6) is -0.870. The van der Waals surface area contributed by atoms with Crippen LogP contribution in [0.5, 0.6) is 0 Å². The fraction of sp³-hybridized carbons (Fsp3) is 0.133. The maximum Gasteiger partial charge on any atom is 0.285 e. The molecule has 0 aliphatic carbocycles. The largest absolute Gasteiger partial charge is 0.382 e. The highest BCUT2D eigenvalue weighted by Gasteiger charge is 2.22. The second-order valence-corrected chi connectivity index (χ2v) is 7.13. The summed E-state index contributed by atoms with van der Waals surface area (Å²) >= 11 is 0. The molecule has 0 amide bonds. The molecule has 3 rings (SSSR count). The Labute approximate surface area is 137 Å². The van der Waals surface area contributed by atoms with Crippen molar-refractivity contribution < 1.29 is 13.2 Å². The zero-order valence-electron chi connectivity index (χ0n) is 12.7. The molecule has 0 atom stereocenters. The van der Waals surface area contributed by atoms with Crippen molar-refractivity contribution in [1.29, 1.82) is 0 Å². The summed E-state index contributed by atoms with van der Waals surface area (Å²) in [6.45, 7) is 1.18. The van der Waals surface area contributed by atoms with Gasteiger partial charge in [0.05, 0.1) is 5.75 Å². The lowest BCUT2D eigenvalue weighted by atomic mass is 10.2. The van der Waals surface area contributed by atoms with Crippen molar-refractivity contribution in [3.8, 4) is 0 Å². The van der Waals surface area contributed by atoms with E-state index in [1.165, 1.54) is 13.0 Å². The molecule has 24 heavy (non-hydrogen) atoms. The number of nitrogens with two attached hydrogens (primary N) is 1. The molecule has 0 fully saturated rings. The van der Waals surface area contributed by atoms with Crippen LogP contribution in [0.3, 0.4) is 0 Å². The van der Waals surface area contributed by atoms with Gasteiger partial charge in [-0.3, -0.25) is 9.59 Å². The quantitative estimate of drug-likeness (QED) is 0.694. The van der Waals surface area contributed by atoms with Crippen molar-refractivity contribution in [1.82, 2.24) is 13.6 Å². The highest BCUT2D eigenvalue weighted by Crippen LogP contribution is 2.15. The van der Waals surface area contributed by atoms with Crippen molar-refractivity contribution >= 4 is 27.3 Å². The molecule has 8 nitrogen and oxygen atoms in total. The second kappa shape index (κ2) is 5.60. The van der Waals surface area contributed by atoms with Crippen LogP contribution in [0.25, 0.3) is 5.65 Å². The number of carbonyl (C=O) groups excluding carboxylic acids is 1. The minimum absolute atomic E-state index is 0.0153. The fourth-order valence-corrected chi connectivity index (χ4v) is 3.80. The molecule has 3 aromatic rings. The molecule has 0 bridgehead atoms. The van der Waals surface area contributed by atoms with Crippen LogP contribution in [0.1, 0.15) is 22.8 Å². The van der Waals surface area contributed by atoms with E-state index in [1.54, 1.807) is 30.3 Å². The standard InChI is InChI=1S/C15H14N4O4S/c1-10(20)12-8-18(14-7-13(16)17-19(14)15(12)21)24(22,23)9-11-5-3-2-4-6-11/h2-8H,9H2,1H3,(H2,16,17). The van der Waals surface area contributed by atoms with Gasteiger partial charge in [0.25, 0.3) is 5.56 Å². The van der Waals surface area contributed by atoms with E-state index in [0.29, 0.717) is 5.56 Å². The highest BCUT2D eigenvalue weighted by molar-refractivity contribution is 7.89. The first-order chi connectivity index (χ1) is 11.3. The first-order valence-electron chi connectivity index (χ1n) is 6.98. The predicted octanol–water partition coefficient (Wildman–Crippen LogP) is 0.659. The molecule has 0 aliphatic heterocycles. The van der Waals surface area contributed by atoms with Crippen molar-refractivity contribution in [2.75, 3.05) is 5.73 Å². The molecule has 0 spiro atoms.